The van der Waals surface area contributed by atoms with Crippen LogP contribution in [0.25, 0.3) is 22.3 Å². The summed E-state index contributed by atoms with van der Waals surface area (Å²) in [7, 11) is -12.6. The summed E-state index contributed by atoms with van der Waals surface area (Å²) < 4.78 is 72.1. The maximum atomic E-state index is 12.6. The Balaban J connectivity index is 0.00000280. The molecule has 2 aliphatic rings. The standard InChI is InChI=1S/C20H28N10O17P4S2.4Na/c21-15-9-17(25-3-23-15)29(5-27-9)19-13(33)11(31)7(43-19)1-41-50(39,52)46-48(35,36)45-49(37,38)47-51(40,53)42-2-8-12(32)14(34)20(44-8)30-6-28-10-16(22)24-4-26-18(10)30;;;;/h3-8,11-14,19-20,31-34H,1-2H2,(H,35,36)(H,37,38)(H,39,52)(H,40,53)(H2,21,23,25)(H2,22,24,26);;;;/q;4*+1/p-4/t7-,8-,11-,12-,13-,14-,19-,20-,50?,51?;;;;/m1..../s1. The van der Waals surface area contributed by atoms with Crippen molar-refractivity contribution < 1.29 is 198 Å². The zero-order valence-electron chi connectivity index (χ0n) is 29.8. The first-order chi connectivity index (χ1) is 24.7. The summed E-state index contributed by atoms with van der Waals surface area (Å²) in [4.78, 5) is 60.8. The molecule has 6 rings (SSSR count). The van der Waals surface area contributed by atoms with Crippen LogP contribution < -0.4 is 144 Å². The zero-order valence-corrected chi connectivity index (χ0v) is 43.0. The minimum absolute atomic E-state index is 0. The Bertz CT molecular complexity index is 2070. The fraction of sp³-hybridized carbons (Fsp3) is 0.500. The van der Waals surface area contributed by atoms with Crippen molar-refractivity contribution in [2.45, 2.75) is 49.1 Å². The van der Waals surface area contributed by atoms with Crippen LogP contribution >= 0.6 is 29.2 Å². The summed E-state index contributed by atoms with van der Waals surface area (Å²) in [6, 6.07) is 0. The first kappa shape index (κ1) is 55.0. The summed E-state index contributed by atoms with van der Waals surface area (Å²) in [5, 5.41) is 41.9. The van der Waals surface area contributed by atoms with Gasteiger partial charge in [-0.15, -0.1) is 0 Å². The van der Waals surface area contributed by atoms with E-state index in [-0.39, 0.29) is 152 Å². The van der Waals surface area contributed by atoms with Crippen LogP contribution in [0, 0.1) is 0 Å². The fourth-order valence-electron chi connectivity index (χ4n) is 5.08. The van der Waals surface area contributed by atoms with E-state index < -0.39 is 91.5 Å². The SMILES string of the molecule is Nc1ncnc2c1ncn2[C@@H]1O[C@H](COP(=O)([S-])OP(=O)([O-])OP(=O)([O-])OP([O-])(=S)OC[C@H]2O[C@@H](n3cnc4c(N)ncnc43)[C@H](O)[C@@H]2O)[C@@H](O)[C@H]1O.[Na+].[Na+].[Na+].[Na+]. The number of nitrogens with zero attached hydrogens (tertiary/aromatic N) is 8. The van der Waals surface area contributed by atoms with Gasteiger partial charge < -0.3 is 77.3 Å². The first-order valence-electron chi connectivity index (χ1n) is 14.2. The smallest absolute Gasteiger partial charge is 0.779 e. The van der Waals surface area contributed by atoms with Crippen LogP contribution in [0.3, 0.4) is 0 Å². The maximum Gasteiger partial charge on any atom is 1.00 e. The second-order valence-electron chi connectivity index (χ2n) is 10.9. The van der Waals surface area contributed by atoms with E-state index in [4.69, 9.17) is 30.0 Å². The van der Waals surface area contributed by atoms with Gasteiger partial charge in [0.25, 0.3) is 15.6 Å². The number of phosphoric acid groups is 2. The molecule has 0 aromatic carbocycles. The predicted molar refractivity (Wildman–Crippen MR) is 171 cm³/mol. The number of aliphatic hydroxyl groups excluding tert-OH is 4. The average Bonchev–Trinajstić information content (AvgIpc) is 3.80. The molecule has 2 aliphatic heterocycles. The topological polar surface area (TPSA) is 405 Å². The summed E-state index contributed by atoms with van der Waals surface area (Å²) in [6.45, 7) is -12.4. The van der Waals surface area contributed by atoms with Gasteiger partial charge in [-0.1, -0.05) is 11.8 Å². The largest absolute Gasteiger partial charge is 1.00 e. The van der Waals surface area contributed by atoms with Gasteiger partial charge >= 0.3 is 118 Å². The van der Waals surface area contributed by atoms with E-state index in [1.165, 1.54) is 21.8 Å². The Morgan fingerprint density at radius 2 is 1.09 bits per heavy atom. The van der Waals surface area contributed by atoms with Gasteiger partial charge in [0.05, 0.1) is 25.9 Å². The van der Waals surface area contributed by atoms with E-state index >= 15 is 0 Å². The summed E-state index contributed by atoms with van der Waals surface area (Å²) in [5.74, 6) is 0.00556. The second-order valence-corrected chi connectivity index (χ2v) is 19.6. The number of imidazole rings is 2. The summed E-state index contributed by atoms with van der Waals surface area (Å²) >= 11 is 8.96. The van der Waals surface area contributed by atoms with Crippen molar-refractivity contribution in [3.63, 3.8) is 0 Å². The van der Waals surface area contributed by atoms with Crippen molar-refractivity contribution >= 4 is 87.2 Å². The monoisotopic (exact) mass is 956 g/mol. The number of rotatable bonds is 14. The van der Waals surface area contributed by atoms with Gasteiger partial charge in [0, 0.05) is 0 Å². The normalized spacial score (nSPS) is 28.8. The molecule has 2 fully saturated rings. The number of nitrogen functional groups attached to an aromatic ring is 2. The van der Waals surface area contributed by atoms with Crippen LogP contribution in [0.2, 0.25) is 0 Å². The molecular weight excluding hydrogens is 932 g/mol. The minimum Gasteiger partial charge on any atom is -0.779 e. The molecule has 0 radical (unpaired) electrons. The van der Waals surface area contributed by atoms with Crippen molar-refractivity contribution in [3.05, 3.63) is 25.3 Å². The Hall–Kier alpha value is 1.83. The van der Waals surface area contributed by atoms with Crippen LogP contribution in [0.5, 0.6) is 0 Å². The van der Waals surface area contributed by atoms with Crippen LogP contribution in [-0.2, 0) is 69.2 Å². The Kier molecular flexibility index (Phi) is 20.9. The molecule has 6 heterocycles. The Labute approximate surface area is 418 Å². The predicted octanol–water partition coefficient (Wildman–Crippen LogP) is -15.7. The molecule has 4 aromatic heterocycles. The first-order valence-corrected chi connectivity index (χ1v) is 22.3. The number of anilines is 2. The third kappa shape index (κ3) is 13.0. The van der Waals surface area contributed by atoms with E-state index in [0.29, 0.717) is 0 Å². The number of nitrogens with two attached hydrogens (primary N) is 2. The molecule has 4 unspecified atom stereocenters. The van der Waals surface area contributed by atoms with Crippen molar-refractivity contribution in [1.29, 1.82) is 0 Å². The summed E-state index contributed by atoms with van der Waals surface area (Å²) in [5.41, 5.74) is 12.0. The average molecular weight is 956 g/mol. The minimum atomic E-state index is -6.29. The van der Waals surface area contributed by atoms with Gasteiger partial charge in [-0.3, -0.25) is 31.5 Å². The molecule has 12 atom stereocenters. The van der Waals surface area contributed by atoms with E-state index in [2.05, 4.69) is 66.9 Å². The van der Waals surface area contributed by atoms with Gasteiger partial charge in [0.2, 0.25) is 6.80 Å². The molecule has 57 heavy (non-hydrogen) atoms. The molecule has 0 saturated carbocycles. The number of hydrogen-bond donors (Lipinski definition) is 6. The van der Waals surface area contributed by atoms with Crippen LogP contribution in [0.15, 0.2) is 25.3 Å². The van der Waals surface area contributed by atoms with Crippen LogP contribution in [0.4, 0.5) is 11.6 Å². The molecule has 2 saturated heterocycles. The third-order valence-electron chi connectivity index (χ3n) is 7.39. The molecule has 0 bridgehead atoms. The number of hydrogen-bond acceptors (Lipinski definition) is 27. The second kappa shape index (κ2) is 21.7. The van der Waals surface area contributed by atoms with E-state index in [1.54, 1.807) is 0 Å². The molecule has 4 aromatic rings. The van der Waals surface area contributed by atoms with E-state index in [1.807, 2.05) is 0 Å². The number of fused-ring (bicyclic) bond motifs is 2. The van der Waals surface area contributed by atoms with Crippen molar-refractivity contribution in [3.8, 4) is 0 Å². The van der Waals surface area contributed by atoms with E-state index in [9.17, 15) is 48.8 Å². The van der Waals surface area contributed by atoms with Gasteiger partial charge in [0.1, 0.15) is 67.0 Å². The molecule has 37 heteroatoms. The van der Waals surface area contributed by atoms with Gasteiger partial charge in [-0.2, -0.15) is 0 Å². The fourth-order valence-corrected chi connectivity index (χ4v) is 11.7. The zero-order chi connectivity index (χ0) is 38.7. The van der Waals surface area contributed by atoms with Crippen LogP contribution in [-0.4, -0.2) is 109 Å². The Morgan fingerprint density at radius 3 is 1.53 bits per heavy atom. The maximum absolute atomic E-state index is 12.6. The third-order valence-corrected chi connectivity index (χ3v) is 15.0. The molecule has 0 spiro atoms. The number of aromatic nitrogens is 8. The summed E-state index contributed by atoms with van der Waals surface area (Å²) in [6.07, 6.45) is -8.06. The van der Waals surface area contributed by atoms with Crippen molar-refractivity contribution in [2.75, 3.05) is 24.7 Å². The molecule has 0 aliphatic carbocycles. The van der Waals surface area contributed by atoms with Gasteiger partial charge in [0.15, 0.2) is 35.4 Å². The van der Waals surface area contributed by atoms with Gasteiger partial charge in [-0.05, 0) is 0 Å². The molecule has 8 N–H and O–H groups in total. The van der Waals surface area contributed by atoms with E-state index in [0.717, 1.165) is 12.7 Å². The molecule has 27 nitrogen and oxygen atoms in total. The van der Waals surface area contributed by atoms with Crippen molar-refractivity contribution in [2.24, 2.45) is 0 Å². The number of aliphatic hydroxyl groups is 4. The molecule has 292 valence electrons. The molecular formula is C20H24N10Na4O17P4S2. The molecule has 0 amide bonds. The number of ether oxygens (including phenoxy) is 2. The van der Waals surface area contributed by atoms with Gasteiger partial charge in [-0.25, -0.2) is 34.2 Å². The quantitative estimate of drug-likeness (QED) is 0.0388. The van der Waals surface area contributed by atoms with Crippen molar-refractivity contribution in [1.82, 2.24) is 39.0 Å². The Morgan fingerprint density at radius 1 is 0.684 bits per heavy atom. The van der Waals surface area contributed by atoms with Crippen LogP contribution in [0.1, 0.15) is 12.5 Å².